The Labute approximate surface area is 119 Å². The molecule has 21 heavy (non-hydrogen) atoms. The standard InChI is InChI=1S/C13H13N5O3/c19-11(10-7-15-12(20)17-10)16-8-1-3-9(4-2-8)18-6-5-14-13(18)21/h1-4,7H,5-6H2,(H,14,21)(H,16,19)(H2,15,17,20). The van der Waals surface area contributed by atoms with Crippen LogP contribution in [0.5, 0.6) is 0 Å². The van der Waals surface area contributed by atoms with Crippen molar-refractivity contribution in [2.24, 2.45) is 0 Å². The van der Waals surface area contributed by atoms with E-state index in [9.17, 15) is 14.4 Å². The van der Waals surface area contributed by atoms with Crippen molar-refractivity contribution in [3.8, 4) is 0 Å². The highest BCUT2D eigenvalue weighted by Gasteiger charge is 2.20. The van der Waals surface area contributed by atoms with E-state index in [0.29, 0.717) is 18.8 Å². The number of hydrogen-bond acceptors (Lipinski definition) is 3. The zero-order valence-corrected chi connectivity index (χ0v) is 11.0. The Morgan fingerprint density at radius 3 is 2.52 bits per heavy atom. The van der Waals surface area contributed by atoms with Crippen molar-refractivity contribution >= 4 is 23.3 Å². The number of benzene rings is 1. The third-order valence-corrected chi connectivity index (χ3v) is 3.13. The summed E-state index contributed by atoms with van der Waals surface area (Å²) in [4.78, 5) is 40.7. The van der Waals surface area contributed by atoms with Crippen molar-refractivity contribution < 1.29 is 9.59 Å². The molecule has 1 aromatic carbocycles. The molecule has 0 radical (unpaired) electrons. The van der Waals surface area contributed by atoms with E-state index >= 15 is 0 Å². The molecule has 1 aromatic heterocycles. The summed E-state index contributed by atoms with van der Waals surface area (Å²) in [7, 11) is 0. The molecule has 1 aliphatic heterocycles. The van der Waals surface area contributed by atoms with Gasteiger partial charge >= 0.3 is 11.7 Å². The maximum atomic E-state index is 11.8. The number of nitrogens with zero attached hydrogens (tertiary/aromatic N) is 1. The molecule has 0 saturated carbocycles. The third kappa shape index (κ3) is 2.64. The van der Waals surface area contributed by atoms with Gasteiger partial charge < -0.3 is 20.6 Å². The summed E-state index contributed by atoms with van der Waals surface area (Å²) < 4.78 is 0. The Balaban J connectivity index is 1.71. The number of aromatic nitrogens is 2. The van der Waals surface area contributed by atoms with E-state index < -0.39 is 11.6 Å². The van der Waals surface area contributed by atoms with Gasteiger partial charge in [0.05, 0.1) is 0 Å². The average molecular weight is 287 g/mol. The Morgan fingerprint density at radius 1 is 1.19 bits per heavy atom. The van der Waals surface area contributed by atoms with E-state index in [2.05, 4.69) is 20.6 Å². The lowest BCUT2D eigenvalue weighted by Gasteiger charge is -2.14. The van der Waals surface area contributed by atoms with Crippen LogP contribution in [0.1, 0.15) is 10.5 Å². The number of H-pyrrole nitrogens is 2. The van der Waals surface area contributed by atoms with Gasteiger partial charge in [-0.1, -0.05) is 0 Å². The number of nitrogens with one attached hydrogen (secondary N) is 4. The van der Waals surface area contributed by atoms with E-state index in [4.69, 9.17) is 0 Å². The van der Waals surface area contributed by atoms with E-state index in [1.54, 1.807) is 29.2 Å². The van der Waals surface area contributed by atoms with Crippen molar-refractivity contribution in [3.05, 3.63) is 46.6 Å². The Kier molecular flexibility index (Phi) is 3.19. The molecule has 8 heteroatoms. The van der Waals surface area contributed by atoms with E-state index in [1.807, 2.05) is 0 Å². The van der Waals surface area contributed by atoms with Crippen molar-refractivity contribution in [1.29, 1.82) is 0 Å². The third-order valence-electron chi connectivity index (χ3n) is 3.13. The van der Waals surface area contributed by atoms with Crippen molar-refractivity contribution in [2.45, 2.75) is 0 Å². The zero-order chi connectivity index (χ0) is 14.8. The molecular weight excluding hydrogens is 274 g/mol. The van der Waals surface area contributed by atoms with Crippen LogP contribution in [0, 0.1) is 0 Å². The number of imidazole rings is 1. The number of carbonyl (C=O) groups excluding carboxylic acids is 2. The maximum Gasteiger partial charge on any atom is 0.323 e. The fraction of sp³-hybridized carbons (Fsp3) is 0.154. The first-order valence-electron chi connectivity index (χ1n) is 6.38. The predicted molar refractivity (Wildman–Crippen MR) is 76.6 cm³/mol. The van der Waals surface area contributed by atoms with Crippen LogP contribution in [0.25, 0.3) is 0 Å². The minimum absolute atomic E-state index is 0.128. The van der Waals surface area contributed by atoms with Gasteiger partial charge in [-0.2, -0.15) is 0 Å². The van der Waals surface area contributed by atoms with Gasteiger partial charge in [-0.25, -0.2) is 9.59 Å². The molecule has 0 spiro atoms. The topological polar surface area (TPSA) is 110 Å². The van der Waals surface area contributed by atoms with Crippen LogP contribution in [-0.2, 0) is 0 Å². The molecule has 4 N–H and O–H groups in total. The number of carbonyl (C=O) groups is 2. The number of hydrogen-bond donors (Lipinski definition) is 4. The van der Waals surface area contributed by atoms with Gasteiger partial charge in [-0.3, -0.25) is 9.69 Å². The molecule has 0 bridgehead atoms. The molecule has 1 aliphatic rings. The van der Waals surface area contributed by atoms with Crippen LogP contribution in [0.3, 0.4) is 0 Å². The molecule has 0 unspecified atom stereocenters. The van der Waals surface area contributed by atoms with Crippen molar-refractivity contribution in [3.63, 3.8) is 0 Å². The predicted octanol–water partition coefficient (Wildman–Crippen LogP) is 0.485. The molecule has 3 amide bonds. The summed E-state index contributed by atoms with van der Waals surface area (Å²) in [5.74, 6) is -0.417. The first-order chi connectivity index (χ1) is 10.1. The molecule has 0 atom stereocenters. The quantitative estimate of drug-likeness (QED) is 0.659. The normalized spacial score (nSPS) is 14.1. The zero-order valence-electron chi connectivity index (χ0n) is 11.0. The molecule has 1 saturated heterocycles. The first-order valence-corrected chi connectivity index (χ1v) is 6.38. The lowest BCUT2D eigenvalue weighted by atomic mass is 10.2. The summed E-state index contributed by atoms with van der Waals surface area (Å²) in [5, 5.41) is 5.37. The smallest absolute Gasteiger partial charge is 0.323 e. The Hall–Kier alpha value is -3.03. The lowest BCUT2D eigenvalue weighted by molar-refractivity contribution is 0.102. The largest absolute Gasteiger partial charge is 0.336 e. The van der Waals surface area contributed by atoms with Gasteiger partial charge in [0.15, 0.2) is 0 Å². The fourth-order valence-electron chi connectivity index (χ4n) is 2.10. The lowest BCUT2D eigenvalue weighted by Crippen LogP contribution is -2.27. The molecule has 2 heterocycles. The van der Waals surface area contributed by atoms with Crippen LogP contribution < -0.4 is 21.2 Å². The van der Waals surface area contributed by atoms with E-state index in [-0.39, 0.29) is 11.7 Å². The second-order valence-corrected chi connectivity index (χ2v) is 4.54. The Morgan fingerprint density at radius 2 is 1.95 bits per heavy atom. The van der Waals surface area contributed by atoms with E-state index in [0.717, 1.165) is 5.69 Å². The summed E-state index contributed by atoms with van der Waals surface area (Å²) in [6.07, 6.45) is 1.31. The van der Waals surface area contributed by atoms with Gasteiger partial charge in [-0.15, -0.1) is 0 Å². The van der Waals surface area contributed by atoms with Crippen LogP contribution in [0.15, 0.2) is 35.3 Å². The number of urea groups is 1. The second-order valence-electron chi connectivity index (χ2n) is 4.54. The highest BCUT2D eigenvalue weighted by Crippen LogP contribution is 2.19. The molecule has 0 aliphatic carbocycles. The molecule has 3 rings (SSSR count). The molecule has 1 fully saturated rings. The molecule has 2 aromatic rings. The molecule has 108 valence electrons. The maximum absolute atomic E-state index is 11.8. The summed E-state index contributed by atoms with van der Waals surface area (Å²) in [6, 6.07) is 6.77. The second kappa shape index (κ2) is 5.16. The molecule has 8 nitrogen and oxygen atoms in total. The van der Waals surface area contributed by atoms with Crippen LogP contribution in [0.2, 0.25) is 0 Å². The van der Waals surface area contributed by atoms with Crippen LogP contribution >= 0.6 is 0 Å². The van der Waals surface area contributed by atoms with Gasteiger partial charge in [0.25, 0.3) is 5.91 Å². The summed E-state index contributed by atoms with van der Waals surface area (Å²) >= 11 is 0. The SMILES string of the molecule is O=C(Nc1ccc(N2CCNC2=O)cc1)c1c[nH]c(=O)[nH]1. The van der Waals surface area contributed by atoms with Crippen molar-refractivity contribution in [1.82, 2.24) is 15.3 Å². The fourth-order valence-corrected chi connectivity index (χ4v) is 2.10. The number of anilines is 2. The minimum Gasteiger partial charge on any atom is -0.336 e. The number of aromatic amines is 2. The average Bonchev–Trinajstić information content (AvgIpc) is 3.08. The highest BCUT2D eigenvalue weighted by atomic mass is 16.2. The van der Waals surface area contributed by atoms with Gasteiger partial charge in [0.2, 0.25) is 0 Å². The highest BCUT2D eigenvalue weighted by molar-refractivity contribution is 6.03. The summed E-state index contributed by atoms with van der Waals surface area (Å²) in [5.41, 5.74) is 1.06. The van der Waals surface area contributed by atoms with Gasteiger partial charge in [0, 0.05) is 30.7 Å². The number of amides is 3. The Bertz CT molecular complexity index is 731. The van der Waals surface area contributed by atoms with Gasteiger partial charge in [-0.05, 0) is 24.3 Å². The number of rotatable bonds is 3. The van der Waals surface area contributed by atoms with Crippen LogP contribution in [-0.4, -0.2) is 35.0 Å². The summed E-state index contributed by atoms with van der Waals surface area (Å²) in [6.45, 7) is 1.24. The van der Waals surface area contributed by atoms with Crippen LogP contribution in [0.4, 0.5) is 16.2 Å². The van der Waals surface area contributed by atoms with Gasteiger partial charge in [0.1, 0.15) is 5.69 Å². The van der Waals surface area contributed by atoms with E-state index in [1.165, 1.54) is 6.20 Å². The monoisotopic (exact) mass is 287 g/mol. The molecular formula is C13H13N5O3. The van der Waals surface area contributed by atoms with Crippen molar-refractivity contribution in [2.75, 3.05) is 23.3 Å². The first kappa shape index (κ1) is 13.0. The minimum atomic E-state index is -0.435.